The third-order valence-corrected chi connectivity index (χ3v) is 25.8. The van der Waals surface area contributed by atoms with Crippen LogP contribution in [0.2, 0.25) is 0 Å². The highest BCUT2D eigenvalue weighted by Crippen LogP contribution is 2.55. The molecule has 2 heterocycles. The van der Waals surface area contributed by atoms with Crippen molar-refractivity contribution < 1.29 is 0 Å². The van der Waals surface area contributed by atoms with E-state index in [1.165, 1.54) is 181 Å². The van der Waals surface area contributed by atoms with Gasteiger partial charge in [0.1, 0.15) is 10.8 Å². The zero-order chi connectivity index (χ0) is 75.9. The molecular formula is C110H75N3S. The van der Waals surface area contributed by atoms with Gasteiger partial charge < -0.3 is 0 Å². The Bertz CT molecular complexity index is 7480. The standard InChI is InChI=1S/C58H40N2.C52H35NS/c1-58(2)51-24-11-10-20-45(51)49-36-41(32-34-52(49)58)56-47-22-9-8-21-46(47)55(48-33-31-40(35-50(48)56)44-23-14-16-37-15-6-7-19-43(37)44)38-27-29-39(30-28-38)57-59-53-25-12-13-26-54(53)60(57)42-17-4-3-5-18-42;1-52(2)45-19-8-7-15-39(45)43-31-36(27-29-46(43)52)50-41-17-6-5-16-40(41)49(33-22-24-34(25-23-33)51-53-47-20-9-10-21-48(47)54-51)42-28-26-35(30-44(42)50)38-18-11-13-32-12-3-4-14-37(32)38/h3-36H,1-2H3;3-31H,1-2H3. The topological polar surface area (TPSA) is 30.7 Å². The van der Waals surface area contributed by atoms with Crippen LogP contribution in [0.25, 0.3) is 203 Å². The predicted molar refractivity (Wildman–Crippen MR) is 484 cm³/mol. The minimum Gasteiger partial charge on any atom is -0.292 e. The van der Waals surface area contributed by atoms with Crippen LogP contribution < -0.4 is 0 Å². The molecule has 0 N–H and O–H groups in total. The van der Waals surface area contributed by atoms with Crippen molar-refractivity contribution in [3.8, 4) is 117 Å². The van der Waals surface area contributed by atoms with Gasteiger partial charge in [-0.05, 0) is 237 Å². The predicted octanol–water partition coefficient (Wildman–Crippen LogP) is 30.2. The fraction of sp³-hybridized carbons (Fsp3) is 0.0545. The van der Waals surface area contributed by atoms with Crippen molar-refractivity contribution in [2.24, 2.45) is 0 Å². The molecule has 19 aromatic carbocycles. The third-order valence-electron chi connectivity index (χ3n) is 24.7. The van der Waals surface area contributed by atoms with Crippen molar-refractivity contribution in [1.82, 2.24) is 14.5 Å². The lowest BCUT2D eigenvalue weighted by molar-refractivity contribution is 0.660. The van der Waals surface area contributed by atoms with Crippen LogP contribution >= 0.6 is 11.3 Å². The van der Waals surface area contributed by atoms with Crippen molar-refractivity contribution >= 4 is 97.2 Å². The number of nitrogens with zero attached hydrogens (tertiary/aromatic N) is 3. The van der Waals surface area contributed by atoms with Gasteiger partial charge in [0.15, 0.2) is 0 Å². The minimum absolute atomic E-state index is 0.0441. The Labute approximate surface area is 666 Å². The molecule has 0 amide bonds. The quantitative estimate of drug-likeness (QED) is 0.135. The van der Waals surface area contributed by atoms with Crippen LogP contribution in [0.15, 0.2) is 382 Å². The number of aromatic nitrogens is 3. The van der Waals surface area contributed by atoms with Crippen molar-refractivity contribution in [3.63, 3.8) is 0 Å². The number of benzene rings is 19. The van der Waals surface area contributed by atoms with E-state index in [9.17, 15) is 0 Å². The summed E-state index contributed by atoms with van der Waals surface area (Å²) in [5.74, 6) is 0.931. The summed E-state index contributed by atoms with van der Waals surface area (Å²) in [4.78, 5) is 10.1. The van der Waals surface area contributed by atoms with Crippen molar-refractivity contribution in [1.29, 1.82) is 0 Å². The largest absolute Gasteiger partial charge is 0.292 e. The molecule has 0 bridgehead atoms. The van der Waals surface area contributed by atoms with E-state index in [2.05, 4.69) is 414 Å². The summed E-state index contributed by atoms with van der Waals surface area (Å²) in [6.45, 7) is 9.43. The molecule has 0 fully saturated rings. The molecule has 0 unspecified atom stereocenters. The molecule has 2 aliphatic rings. The van der Waals surface area contributed by atoms with Gasteiger partial charge in [-0.3, -0.25) is 4.57 Å². The zero-order valence-electron chi connectivity index (χ0n) is 63.6. The van der Waals surface area contributed by atoms with Crippen LogP contribution in [0.4, 0.5) is 0 Å². The first-order valence-electron chi connectivity index (χ1n) is 39.6. The van der Waals surface area contributed by atoms with Crippen LogP contribution in [-0.4, -0.2) is 14.5 Å². The summed E-state index contributed by atoms with van der Waals surface area (Å²) >= 11 is 1.75. The Kier molecular flexibility index (Phi) is 15.5. The lowest BCUT2D eigenvalue weighted by atomic mass is 9.81. The summed E-state index contributed by atoms with van der Waals surface area (Å²) in [6, 6.07) is 141. The number of rotatable bonds is 9. The number of thiazole rings is 1. The molecule has 0 aliphatic heterocycles. The monoisotopic (exact) mass is 1470 g/mol. The Morgan fingerprint density at radius 3 is 1.12 bits per heavy atom. The van der Waals surface area contributed by atoms with E-state index in [0.717, 1.165) is 44.2 Å². The van der Waals surface area contributed by atoms with E-state index in [-0.39, 0.29) is 10.8 Å². The third kappa shape index (κ3) is 10.7. The second-order valence-corrected chi connectivity index (χ2v) is 32.8. The number of hydrogen-bond donors (Lipinski definition) is 0. The van der Waals surface area contributed by atoms with Gasteiger partial charge in [-0.1, -0.05) is 349 Å². The average molecular weight is 1470 g/mol. The molecule has 536 valence electrons. The van der Waals surface area contributed by atoms with E-state index >= 15 is 0 Å². The second kappa shape index (κ2) is 26.4. The van der Waals surface area contributed by atoms with Crippen molar-refractivity contribution in [2.45, 2.75) is 38.5 Å². The van der Waals surface area contributed by atoms with E-state index in [0.29, 0.717) is 0 Å². The van der Waals surface area contributed by atoms with Gasteiger partial charge in [0.05, 0.1) is 21.3 Å². The molecule has 0 saturated carbocycles. The van der Waals surface area contributed by atoms with E-state index < -0.39 is 0 Å². The van der Waals surface area contributed by atoms with Gasteiger partial charge in [-0.25, -0.2) is 9.97 Å². The Hall–Kier alpha value is -13.9. The summed E-state index contributed by atoms with van der Waals surface area (Å²) in [7, 11) is 0. The molecule has 0 spiro atoms. The zero-order valence-corrected chi connectivity index (χ0v) is 64.4. The molecule has 21 aromatic rings. The average Bonchev–Trinajstić information content (AvgIpc) is 1.21. The van der Waals surface area contributed by atoms with E-state index in [4.69, 9.17) is 9.97 Å². The van der Waals surface area contributed by atoms with Gasteiger partial charge in [0.2, 0.25) is 0 Å². The summed E-state index contributed by atoms with van der Waals surface area (Å²) in [5.41, 5.74) is 32.1. The van der Waals surface area contributed by atoms with Crippen LogP contribution in [0, 0.1) is 0 Å². The number of fused-ring (bicyclic) bond motifs is 14. The Balaban J connectivity index is 0.000000140. The highest BCUT2D eigenvalue weighted by atomic mass is 32.1. The summed E-state index contributed by atoms with van der Waals surface area (Å²) in [5, 5.41) is 16.1. The molecule has 2 aliphatic carbocycles. The summed E-state index contributed by atoms with van der Waals surface area (Å²) < 4.78 is 3.49. The lowest BCUT2D eigenvalue weighted by Gasteiger charge is -2.22. The summed E-state index contributed by atoms with van der Waals surface area (Å²) in [6.07, 6.45) is 0. The van der Waals surface area contributed by atoms with Gasteiger partial charge in [-0.2, -0.15) is 0 Å². The van der Waals surface area contributed by atoms with Gasteiger partial charge >= 0.3 is 0 Å². The van der Waals surface area contributed by atoms with Crippen molar-refractivity contribution in [3.05, 3.63) is 404 Å². The Morgan fingerprint density at radius 2 is 0.605 bits per heavy atom. The fourth-order valence-electron chi connectivity index (χ4n) is 19.3. The Morgan fingerprint density at radius 1 is 0.237 bits per heavy atom. The highest BCUT2D eigenvalue weighted by Gasteiger charge is 2.37. The number of imidazole rings is 1. The number of hydrogen-bond acceptors (Lipinski definition) is 3. The molecular weight excluding hydrogens is 1400 g/mol. The fourth-order valence-corrected chi connectivity index (χ4v) is 20.2. The first-order chi connectivity index (χ1) is 56.1. The smallest absolute Gasteiger partial charge is 0.145 e. The molecule has 114 heavy (non-hydrogen) atoms. The molecule has 3 nitrogen and oxygen atoms in total. The molecule has 23 rings (SSSR count). The maximum atomic E-state index is 5.18. The second-order valence-electron chi connectivity index (χ2n) is 31.8. The SMILES string of the molecule is CC1(C)c2ccccc2-c2cc(-c3c4ccccc4c(-c4ccc(-c5nc6ccccc6n5-c5ccccc5)cc4)c4ccc(-c5cccc6ccccc56)cc34)ccc21.CC1(C)c2ccccc2-c2cc(-c3c4ccccc4c(-c4ccc(-c5nc6ccccc6s5)cc4)c4ccc(-c5cccc6ccccc56)cc34)ccc21. The van der Waals surface area contributed by atoms with Crippen molar-refractivity contribution in [2.75, 3.05) is 0 Å². The molecule has 4 heteroatoms. The maximum Gasteiger partial charge on any atom is 0.145 e. The molecule has 2 aromatic heterocycles. The van der Waals surface area contributed by atoms with Crippen LogP contribution in [0.3, 0.4) is 0 Å². The molecule has 0 atom stereocenters. The van der Waals surface area contributed by atoms with Crippen LogP contribution in [-0.2, 0) is 10.8 Å². The van der Waals surface area contributed by atoms with Crippen LogP contribution in [0.1, 0.15) is 49.9 Å². The normalized spacial score (nSPS) is 13.1. The minimum atomic E-state index is -0.0584. The highest BCUT2D eigenvalue weighted by molar-refractivity contribution is 7.21. The first-order valence-corrected chi connectivity index (χ1v) is 40.4. The first kappa shape index (κ1) is 67.0. The van der Waals surface area contributed by atoms with Gasteiger partial charge in [0.25, 0.3) is 0 Å². The molecule has 0 radical (unpaired) electrons. The number of para-hydroxylation sites is 4. The lowest BCUT2D eigenvalue weighted by Crippen LogP contribution is -2.14. The van der Waals surface area contributed by atoms with Crippen LogP contribution in [0.5, 0.6) is 0 Å². The maximum absolute atomic E-state index is 5.18. The van der Waals surface area contributed by atoms with E-state index in [1.807, 2.05) is 0 Å². The van der Waals surface area contributed by atoms with E-state index in [1.54, 1.807) is 11.3 Å². The van der Waals surface area contributed by atoms with Gasteiger partial charge in [-0.15, -0.1) is 11.3 Å². The molecule has 0 saturated heterocycles. The van der Waals surface area contributed by atoms with Gasteiger partial charge in [0, 0.05) is 27.6 Å².